The van der Waals surface area contributed by atoms with Crippen molar-refractivity contribution < 1.29 is 4.42 Å². The van der Waals surface area contributed by atoms with Crippen LogP contribution < -0.4 is 5.32 Å². The number of rotatable bonds is 2. The maximum Gasteiger partial charge on any atom is 0.138 e. The molecule has 2 aromatic rings. The molecule has 1 aromatic heterocycles. The molecule has 0 spiro atoms. The molecule has 0 radical (unpaired) electrons. The smallest absolute Gasteiger partial charge is 0.138 e. The fourth-order valence-electron chi connectivity index (χ4n) is 3.06. The van der Waals surface area contributed by atoms with Gasteiger partial charge < -0.3 is 9.73 Å². The van der Waals surface area contributed by atoms with Crippen LogP contribution >= 0.6 is 0 Å². The van der Waals surface area contributed by atoms with E-state index in [9.17, 15) is 0 Å². The number of hydrogen-bond donors (Lipinski definition) is 1. The van der Waals surface area contributed by atoms with Gasteiger partial charge in [0.05, 0.1) is 6.54 Å². The molecule has 1 N–H and O–H groups in total. The molecule has 1 aromatic carbocycles. The lowest BCUT2D eigenvalue weighted by Crippen LogP contribution is -2.16. The molecule has 0 aliphatic carbocycles. The van der Waals surface area contributed by atoms with Crippen LogP contribution in [0, 0.1) is 6.92 Å². The first-order valence-corrected chi connectivity index (χ1v) is 7.77. The summed E-state index contributed by atoms with van der Waals surface area (Å²) in [6, 6.07) is 4.54. The van der Waals surface area contributed by atoms with E-state index in [-0.39, 0.29) is 10.8 Å². The van der Waals surface area contributed by atoms with Gasteiger partial charge in [0, 0.05) is 16.5 Å². The van der Waals surface area contributed by atoms with Crippen LogP contribution in [0.3, 0.4) is 0 Å². The SMILES string of the molecule is CNCc1oc2c(C(C)(C)C)cc(C)cc2c1C(C)(C)C. The van der Waals surface area contributed by atoms with Crippen molar-refractivity contribution in [3.05, 3.63) is 34.6 Å². The topological polar surface area (TPSA) is 25.2 Å². The lowest BCUT2D eigenvalue weighted by molar-refractivity contribution is 0.486. The highest BCUT2D eigenvalue weighted by Gasteiger charge is 2.28. The second-order valence-corrected chi connectivity index (χ2v) is 8.12. The summed E-state index contributed by atoms with van der Waals surface area (Å²) in [6.45, 7) is 16.5. The molecular formula is C19H29NO. The summed E-state index contributed by atoms with van der Waals surface area (Å²) in [5.74, 6) is 1.07. The van der Waals surface area contributed by atoms with E-state index in [0.717, 1.165) is 17.9 Å². The summed E-state index contributed by atoms with van der Waals surface area (Å²) in [5.41, 5.74) is 5.14. The lowest BCUT2D eigenvalue weighted by Gasteiger charge is -2.21. The molecule has 21 heavy (non-hydrogen) atoms. The van der Waals surface area contributed by atoms with Crippen molar-refractivity contribution in [2.75, 3.05) is 7.05 Å². The first-order chi connectivity index (χ1) is 9.55. The van der Waals surface area contributed by atoms with Crippen LogP contribution in [-0.2, 0) is 17.4 Å². The van der Waals surface area contributed by atoms with Crippen molar-refractivity contribution in [2.24, 2.45) is 0 Å². The van der Waals surface area contributed by atoms with Gasteiger partial charge in [0.25, 0.3) is 0 Å². The summed E-state index contributed by atoms with van der Waals surface area (Å²) < 4.78 is 6.32. The van der Waals surface area contributed by atoms with Crippen LogP contribution in [0.5, 0.6) is 0 Å². The largest absolute Gasteiger partial charge is 0.459 e. The van der Waals surface area contributed by atoms with Crippen molar-refractivity contribution >= 4 is 11.0 Å². The maximum atomic E-state index is 6.32. The molecule has 0 saturated carbocycles. The number of fused-ring (bicyclic) bond motifs is 1. The average Bonchev–Trinajstić information content (AvgIpc) is 2.64. The van der Waals surface area contributed by atoms with Crippen molar-refractivity contribution in [2.45, 2.75) is 65.8 Å². The maximum absolute atomic E-state index is 6.32. The lowest BCUT2D eigenvalue weighted by atomic mass is 9.81. The van der Waals surface area contributed by atoms with E-state index in [1.807, 2.05) is 7.05 Å². The van der Waals surface area contributed by atoms with Crippen LogP contribution in [0.1, 0.15) is 64.0 Å². The summed E-state index contributed by atoms with van der Waals surface area (Å²) in [6.07, 6.45) is 0. The van der Waals surface area contributed by atoms with Crippen LogP contribution in [0.4, 0.5) is 0 Å². The highest BCUT2D eigenvalue weighted by Crippen LogP contribution is 2.40. The second kappa shape index (κ2) is 5.17. The number of hydrogen-bond acceptors (Lipinski definition) is 2. The minimum absolute atomic E-state index is 0.0698. The normalized spacial score (nSPS) is 13.1. The molecule has 1 heterocycles. The number of nitrogens with one attached hydrogen (secondary N) is 1. The molecule has 0 bridgehead atoms. The number of benzene rings is 1. The Morgan fingerprint density at radius 2 is 1.62 bits per heavy atom. The molecule has 0 unspecified atom stereocenters. The Bertz CT molecular complexity index is 651. The molecule has 116 valence electrons. The molecule has 0 amide bonds. The van der Waals surface area contributed by atoms with Crippen LogP contribution in [0.2, 0.25) is 0 Å². The average molecular weight is 287 g/mol. The highest BCUT2D eigenvalue weighted by molar-refractivity contribution is 5.87. The second-order valence-electron chi connectivity index (χ2n) is 8.12. The zero-order chi connectivity index (χ0) is 16.0. The van der Waals surface area contributed by atoms with Gasteiger partial charge in [0.2, 0.25) is 0 Å². The fourth-order valence-corrected chi connectivity index (χ4v) is 3.06. The van der Waals surface area contributed by atoms with Crippen LogP contribution in [0.25, 0.3) is 11.0 Å². The molecule has 0 atom stereocenters. The van der Waals surface area contributed by atoms with Gasteiger partial charge >= 0.3 is 0 Å². The molecule has 0 saturated heterocycles. The Balaban J connectivity index is 2.88. The molecule has 2 heteroatoms. The summed E-state index contributed by atoms with van der Waals surface area (Å²) in [4.78, 5) is 0. The Morgan fingerprint density at radius 3 is 2.10 bits per heavy atom. The molecule has 0 fully saturated rings. The minimum atomic E-state index is 0.0698. The Labute approximate surface area is 128 Å². The van der Waals surface area contributed by atoms with E-state index >= 15 is 0 Å². The van der Waals surface area contributed by atoms with Gasteiger partial charge in [-0.15, -0.1) is 0 Å². The van der Waals surface area contributed by atoms with Crippen molar-refractivity contribution in [1.82, 2.24) is 5.32 Å². The van der Waals surface area contributed by atoms with E-state index < -0.39 is 0 Å². The van der Waals surface area contributed by atoms with E-state index in [0.29, 0.717) is 0 Å². The van der Waals surface area contributed by atoms with Gasteiger partial charge in [0.15, 0.2) is 0 Å². The summed E-state index contributed by atoms with van der Waals surface area (Å²) in [5, 5.41) is 4.51. The Kier molecular flexibility index (Phi) is 3.96. The molecule has 0 aliphatic rings. The fraction of sp³-hybridized carbons (Fsp3) is 0.579. The van der Waals surface area contributed by atoms with E-state index in [4.69, 9.17) is 4.42 Å². The molecular weight excluding hydrogens is 258 g/mol. The first kappa shape index (κ1) is 16.1. The van der Waals surface area contributed by atoms with Gasteiger partial charge in [-0.1, -0.05) is 47.6 Å². The van der Waals surface area contributed by atoms with Crippen molar-refractivity contribution in [3.8, 4) is 0 Å². The summed E-state index contributed by atoms with van der Waals surface area (Å²) in [7, 11) is 1.97. The zero-order valence-electron chi connectivity index (χ0n) is 14.8. The quantitative estimate of drug-likeness (QED) is 0.835. The van der Waals surface area contributed by atoms with E-state index in [2.05, 4.69) is 65.9 Å². The molecule has 2 rings (SSSR count). The van der Waals surface area contributed by atoms with Gasteiger partial charge in [-0.2, -0.15) is 0 Å². The van der Waals surface area contributed by atoms with Gasteiger partial charge in [0.1, 0.15) is 11.3 Å². The highest BCUT2D eigenvalue weighted by atomic mass is 16.3. The van der Waals surface area contributed by atoms with E-state index in [1.54, 1.807) is 0 Å². The first-order valence-electron chi connectivity index (χ1n) is 7.77. The monoisotopic (exact) mass is 287 g/mol. The van der Waals surface area contributed by atoms with E-state index in [1.165, 1.54) is 22.1 Å². The third kappa shape index (κ3) is 3.01. The molecule has 0 aliphatic heterocycles. The number of furan rings is 1. The zero-order valence-corrected chi connectivity index (χ0v) is 14.8. The van der Waals surface area contributed by atoms with Gasteiger partial charge in [-0.25, -0.2) is 0 Å². The Morgan fingerprint density at radius 1 is 1.00 bits per heavy atom. The van der Waals surface area contributed by atoms with Crippen molar-refractivity contribution in [3.63, 3.8) is 0 Å². The van der Waals surface area contributed by atoms with Crippen LogP contribution in [0.15, 0.2) is 16.5 Å². The third-order valence-electron chi connectivity index (χ3n) is 3.90. The van der Waals surface area contributed by atoms with Crippen molar-refractivity contribution in [1.29, 1.82) is 0 Å². The van der Waals surface area contributed by atoms with Gasteiger partial charge in [-0.05, 0) is 36.4 Å². The minimum Gasteiger partial charge on any atom is -0.459 e. The summed E-state index contributed by atoms with van der Waals surface area (Å²) >= 11 is 0. The predicted octanol–water partition coefficient (Wildman–Crippen LogP) is 5.06. The number of aryl methyl sites for hydroxylation is 1. The van der Waals surface area contributed by atoms with Crippen LogP contribution in [-0.4, -0.2) is 7.05 Å². The molecule has 2 nitrogen and oxygen atoms in total. The third-order valence-corrected chi connectivity index (χ3v) is 3.90. The predicted molar refractivity (Wildman–Crippen MR) is 91.1 cm³/mol. The Hall–Kier alpha value is -1.28. The van der Waals surface area contributed by atoms with Gasteiger partial charge in [-0.3, -0.25) is 0 Å². The standard InChI is InChI=1S/C19H29NO/c1-12-9-13-16(19(5,6)7)15(11-20-8)21-17(13)14(10-12)18(2,3)4/h9-10,20H,11H2,1-8H3.